The fraction of sp³-hybridized carbons (Fsp3) is 0.214. The minimum Gasteiger partial charge on any atom is -0.469 e. The molecular formula is C14H12FNO3S2. The summed E-state index contributed by atoms with van der Waals surface area (Å²) in [5, 5.41) is 0. The van der Waals surface area contributed by atoms with Crippen LogP contribution in [0.15, 0.2) is 29.2 Å². The van der Waals surface area contributed by atoms with Gasteiger partial charge in [0.05, 0.1) is 18.4 Å². The second kappa shape index (κ2) is 6.82. The summed E-state index contributed by atoms with van der Waals surface area (Å²) in [7, 11) is 1.28. The maximum Gasteiger partial charge on any atom is 0.307 e. The summed E-state index contributed by atoms with van der Waals surface area (Å²) >= 11 is 6.21. The maximum atomic E-state index is 13.6. The van der Waals surface area contributed by atoms with Crippen LogP contribution < -0.4 is 0 Å². The second-order valence-electron chi connectivity index (χ2n) is 4.18. The molecule has 1 amide bonds. The largest absolute Gasteiger partial charge is 0.469 e. The number of carbonyl (C=O) groups excluding carboxylic acids is 2. The summed E-state index contributed by atoms with van der Waals surface area (Å²) in [5.74, 6) is -1.14. The molecule has 0 spiro atoms. The van der Waals surface area contributed by atoms with Crippen molar-refractivity contribution >= 4 is 46.3 Å². The first-order chi connectivity index (χ1) is 10.0. The van der Waals surface area contributed by atoms with E-state index in [2.05, 4.69) is 4.74 Å². The van der Waals surface area contributed by atoms with Gasteiger partial charge < -0.3 is 4.74 Å². The van der Waals surface area contributed by atoms with E-state index >= 15 is 0 Å². The van der Waals surface area contributed by atoms with Crippen LogP contribution in [0.4, 0.5) is 4.39 Å². The third-order valence-electron chi connectivity index (χ3n) is 2.83. The van der Waals surface area contributed by atoms with Crippen molar-refractivity contribution in [3.63, 3.8) is 0 Å². The van der Waals surface area contributed by atoms with E-state index in [1.165, 1.54) is 24.2 Å². The third-order valence-corrected chi connectivity index (χ3v) is 4.21. The minimum absolute atomic E-state index is 0.0654. The fourth-order valence-corrected chi connectivity index (χ4v) is 3.03. The standard InChI is InChI=1S/C14H12FNO3S2/c1-19-12(17)6-7-16-13(18)11(21-14(16)20)8-9-4-2-3-5-10(9)15/h2-5,8H,6-7H2,1H3/b11-8-. The number of methoxy groups -OCH3 is 1. The van der Waals surface area contributed by atoms with Crippen molar-refractivity contribution < 1.29 is 18.7 Å². The first kappa shape index (κ1) is 15.7. The van der Waals surface area contributed by atoms with E-state index in [9.17, 15) is 14.0 Å². The van der Waals surface area contributed by atoms with Crippen molar-refractivity contribution in [3.05, 3.63) is 40.6 Å². The van der Waals surface area contributed by atoms with Gasteiger partial charge in [0.1, 0.15) is 10.1 Å². The van der Waals surface area contributed by atoms with Gasteiger partial charge in [-0.25, -0.2) is 4.39 Å². The zero-order chi connectivity index (χ0) is 15.4. The van der Waals surface area contributed by atoms with Crippen LogP contribution in [-0.4, -0.2) is 34.8 Å². The van der Waals surface area contributed by atoms with Crippen molar-refractivity contribution in [3.8, 4) is 0 Å². The molecule has 4 nitrogen and oxygen atoms in total. The normalized spacial score (nSPS) is 16.7. The van der Waals surface area contributed by atoms with Gasteiger partial charge in [0.15, 0.2) is 0 Å². The lowest BCUT2D eigenvalue weighted by atomic mass is 10.2. The monoisotopic (exact) mass is 325 g/mol. The van der Waals surface area contributed by atoms with Crippen LogP contribution >= 0.6 is 24.0 Å². The molecular weight excluding hydrogens is 313 g/mol. The zero-order valence-electron chi connectivity index (χ0n) is 11.2. The molecule has 0 N–H and O–H groups in total. The molecule has 1 aliphatic heterocycles. The molecule has 0 aliphatic carbocycles. The van der Waals surface area contributed by atoms with E-state index in [-0.39, 0.29) is 18.9 Å². The van der Waals surface area contributed by atoms with Crippen LogP contribution in [0.3, 0.4) is 0 Å². The van der Waals surface area contributed by atoms with Crippen molar-refractivity contribution in [2.45, 2.75) is 6.42 Å². The first-order valence-electron chi connectivity index (χ1n) is 6.09. The molecule has 0 atom stereocenters. The highest BCUT2D eigenvalue weighted by Gasteiger charge is 2.32. The topological polar surface area (TPSA) is 46.6 Å². The van der Waals surface area contributed by atoms with Gasteiger partial charge in [-0.2, -0.15) is 0 Å². The van der Waals surface area contributed by atoms with Gasteiger partial charge in [-0.15, -0.1) is 0 Å². The number of benzene rings is 1. The molecule has 1 saturated heterocycles. The smallest absolute Gasteiger partial charge is 0.307 e. The average Bonchev–Trinajstić information content (AvgIpc) is 2.73. The molecule has 1 fully saturated rings. The molecule has 7 heteroatoms. The fourth-order valence-electron chi connectivity index (χ4n) is 1.73. The van der Waals surface area contributed by atoms with Crippen molar-refractivity contribution in [1.29, 1.82) is 0 Å². The Kier molecular flexibility index (Phi) is 5.08. The number of hydrogen-bond acceptors (Lipinski definition) is 5. The van der Waals surface area contributed by atoms with E-state index in [4.69, 9.17) is 12.2 Å². The predicted molar refractivity (Wildman–Crippen MR) is 82.9 cm³/mol. The van der Waals surface area contributed by atoms with Crippen molar-refractivity contribution in [2.75, 3.05) is 13.7 Å². The lowest BCUT2D eigenvalue weighted by Crippen LogP contribution is -2.30. The summed E-state index contributed by atoms with van der Waals surface area (Å²) in [6, 6.07) is 6.17. The summed E-state index contributed by atoms with van der Waals surface area (Å²) in [6.45, 7) is 0.159. The van der Waals surface area contributed by atoms with E-state index in [1.807, 2.05) is 0 Å². The first-order valence-corrected chi connectivity index (χ1v) is 7.32. The van der Waals surface area contributed by atoms with E-state index in [0.717, 1.165) is 11.8 Å². The number of rotatable bonds is 4. The highest BCUT2D eigenvalue weighted by molar-refractivity contribution is 8.26. The van der Waals surface area contributed by atoms with Gasteiger partial charge in [0.25, 0.3) is 5.91 Å². The molecule has 0 radical (unpaired) electrons. The predicted octanol–water partition coefficient (Wildman–Crippen LogP) is 2.59. The van der Waals surface area contributed by atoms with E-state index < -0.39 is 11.8 Å². The van der Waals surface area contributed by atoms with Crippen LogP contribution in [0.1, 0.15) is 12.0 Å². The van der Waals surface area contributed by atoms with Crippen LogP contribution in [-0.2, 0) is 14.3 Å². The zero-order valence-corrected chi connectivity index (χ0v) is 12.8. The Bertz CT molecular complexity index is 630. The number of thioether (sulfide) groups is 1. The number of halogens is 1. The highest BCUT2D eigenvalue weighted by Crippen LogP contribution is 2.32. The quantitative estimate of drug-likeness (QED) is 0.484. The maximum absolute atomic E-state index is 13.6. The molecule has 2 rings (SSSR count). The number of hydrogen-bond donors (Lipinski definition) is 0. The molecule has 21 heavy (non-hydrogen) atoms. The second-order valence-corrected chi connectivity index (χ2v) is 5.86. The number of amides is 1. The molecule has 110 valence electrons. The van der Waals surface area contributed by atoms with Gasteiger partial charge >= 0.3 is 5.97 Å². The molecule has 0 saturated carbocycles. The molecule has 1 aliphatic rings. The minimum atomic E-state index is -0.415. The molecule has 0 aromatic heterocycles. The molecule has 1 aromatic rings. The van der Waals surface area contributed by atoms with Crippen molar-refractivity contribution in [2.24, 2.45) is 0 Å². The van der Waals surface area contributed by atoms with Crippen molar-refractivity contribution in [1.82, 2.24) is 4.90 Å². The summed E-state index contributed by atoms with van der Waals surface area (Å²) < 4.78 is 18.5. The number of nitrogens with zero attached hydrogens (tertiary/aromatic N) is 1. The summed E-state index contributed by atoms with van der Waals surface area (Å²) in [5.41, 5.74) is 0.325. The van der Waals surface area contributed by atoms with E-state index in [0.29, 0.717) is 14.8 Å². The average molecular weight is 325 g/mol. The van der Waals surface area contributed by atoms with Gasteiger partial charge in [-0.3, -0.25) is 14.5 Å². The van der Waals surface area contributed by atoms with Crippen LogP contribution in [0.25, 0.3) is 6.08 Å². The van der Waals surface area contributed by atoms with Crippen LogP contribution in [0.2, 0.25) is 0 Å². The molecule has 1 heterocycles. The summed E-state index contributed by atoms with van der Waals surface area (Å²) in [6.07, 6.45) is 1.53. The lowest BCUT2D eigenvalue weighted by molar-refractivity contribution is -0.140. The lowest BCUT2D eigenvalue weighted by Gasteiger charge is -2.12. The number of carbonyl (C=O) groups is 2. The number of esters is 1. The SMILES string of the molecule is COC(=O)CCN1C(=O)/C(=C/c2ccccc2F)SC1=S. The Labute approximate surface area is 130 Å². The van der Waals surface area contributed by atoms with Gasteiger partial charge in [0, 0.05) is 12.1 Å². The third kappa shape index (κ3) is 3.68. The van der Waals surface area contributed by atoms with Crippen LogP contribution in [0, 0.1) is 5.82 Å². The Morgan fingerprint density at radius 1 is 1.48 bits per heavy atom. The number of ether oxygens (including phenoxy) is 1. The molecule has 0 bridgehead atoms. The molecule has 1 aromatic carbocycles. The number of thiocarbonyl (C=S) groups is 1. The van der Waals surface area contributed by atoms with Gasteiger partial charge in [-0.1, -0.05) is 42.2 Å². The Morgan fingerprint density at radius 3 is 2.86 bits per heavy atom. The van der Waals surface area contributed by atoms with Crippen LogP contribution in [0.5, 0.6) is 0 Å². The Balaban J connectivity index is 2.14. The Hall–Kier alpha value is -1.73. The van der Waals surface area contributed by atoms with Gasteiger partial charge in [0.2, 0.25) is 0 Å². The van der Waals surface area contributed by atoms with Gasteiger partial charge in [-0.05, 0) is 12.1 Å². The summed E-state index contributed by atoms with van der Waals surface area (Å²) in [4.78, 5) is 25.0. The highest BCUT2D eigenvalue weighted by atomic mass is 32.2. The molecule has 0 unspecified atom stereocenters. The Morgan fingerprint density at radius 2 is 2.19 bits per heavy atom. The van der Waals surface area contributed by atoms with E-state index in [1.54, 1.807) is 18.2 Å².